The Morgan fingerprint density at radius 1 is 1.03 bits per heavy atom. The quantitative estimate of drug-likeness (QED) is 0.337. The number of aliphatic hydroxyl groups is 1. The topological polar surface area (TPSA) is 156 Å². The molecule has 0 bridgehead atoms. The smallest absolute Gasteiger partial charge is 0.290 e. The van der Waals surface area contributed by atoms with Crippen LogP contribution in [0.2, 0.25) is 5.02 Å². The third-order valence-corrected chi connectivity index (χ3v) is 7.76. The maximum absolute atomic E-state index is 13.0. The van der Waals surface area contributed by atoms with Crippen LogP contribution in [0.5, 0.6) is 0 Å². The van der Waals surface area contributed by atoms with Crippen LogP contribution in [-0.2, 0) is 19.6 Å². The molecular weight excluding hydrogens is 546 g/mol. The minimum absolute atomic E-state index is 0.0389. The highest BCUT2D eigenvalue weighted by atomic mass is 35.5. The normalized spacial score (nSPS) is 15.4. The van der Waals surface area contributed by atoms with Crippen molar-refractivity contribution in [1.82, 2.24) is 4.90 Å². The van der Waals surface area contributed by atoms with Crippen LogP contribution in [0, 0.1) is 0 Å². The Bertz CT molecular complexity index is 1570. The fourth-order valence-electron chi connectivity index (χ4n) is 4.38. The van der Waals surface area contributed by atoms with Gasteiger partial charge in [-0.05, 0) is 48.9 Å². The van der Waals surface area contributed by atoms with E-state index >= 15 is 0 Å². The van der Waals surface area contributed by atoms with E-state index in [9.17, 15) is 33.0 Å². The number of sulfonamides is 1. The van der Waals surface area contributed by atoms with Gasteiger partial charge in [-0.1, -0.05) is 48.0 Å². The number of hydrogen-bond donors (Lipinski definition) is 3. The van der Waals surface area contributed by atoms with Gasteiger partial charge in [0.1, 0.15) is 0 Å². The van der Waals surface area contributed by atoms with Crippen molar-refractivity contribution in [3.8, 4) is 0 Å². The lowest BCUT2D eigenvalue weighted by atomic mass is 9.97. The lowest BCUT2D eigenvalue weighted by molar-refractivity contribution is -0.255. The van der Waals surface area contributed by atoms with Crippen molar-refractivity contribution in [3.63, 3.8) is 0 Å². The summed E-state index contributed by atoms with van der Waals surface area (Å²) in [4.78, 5) is 37.9. The monoisotopic (exact) mass is 568 g/mol. The number of aromatic carboxylic acids is 1. The van der Waals surface area contributed by atoms with E-state index in [0.717, 1.165) is 6.07 Å². The zero-order valence-corrected chi connectivity index (χ0v) is 22.1. The molecule has 0 spiro atoms. The number of amides is 1. The third-order valence-electron chi connectivity index (χ3n) is 6.08. The Morgan fingerprint density at radius 3 is 2.31 bits per heavy atom. The van der Waals surface area contributed by atoms with Gasteiger partial charge in [-0.25, -0.2) is 8.42 Å². The van der Waals surface area contributed by atoms with Gasteiger partial charge in [0, 0.05) is 35.1 Å². The van der Waals surface area contributed by atoms with Crippen LogP contribution in [-0.4, -0.2) is 49.2 Å². The lowest BCUT2D eigenvalue weighted by Gasteiger charge is -2.27. The van der Waals surface area contributed by atoms with Crippen LogP contribution in [0.4, 0.5) is 11.4 Å². The van der Waals surface area contributed by atoms with E-state index in [-0.39, 0.29) is 30.0 Å². The van der Waals surface area contributed by atoms with Gasteiger partial charge in [-0.2, -0.15) is 0 Å². The van der Waals surface area contributed by atoms with Crippen LogP contribution in [0.3, 0.4) is 0 Å². The number of anilines is 2. The first-order chi connectivity index (χ1) is 18.5. The van der Waals surface area contributed by atoms with E-state index < -0.39 is 49.9 Å². The van der Waals surface area contributed by atoms with Crippen molar-refractivity contribution in [2.75, 3.05) is 23.1 Å². The summed E-state index contributed by atoms with van der Waals surface area (Å²) < 4.78 is 28.4. The second-order valence-electron chi connectivity index (χ2n) is 8.64. The highest BCUT2D eigenvalue weighted by molar-refractivity contribution is 7.92. The van der Waals surface area contributed by atoms with Crippen molar-refractivity contribution in [3.05, 3.63) is 100 Å². The number of hydrogen-bond acceptors (Lipinski definition) is 8. The summed E-state index contributed by atoms with van der Waals surface area (Å²) >= 11 is 5.84. The third kappa shape index (κ3) is 5.74. The Labute approximate surface area is 229 Å². The second kappa shape index (κ2) is 11.2. The first kappa shape index (κ1) is 27.7. The Balaban J connectivity index is 1.58. The molecule has 1 aliphatic heterocycles. The van der Waals surface area contributed by atoms with Crippen molar-refractivity contribution in [1.29, 1.82) is 0 Å². The van der Waals surface area contributed by atoms with E-state index in [1.165, 1.54) is 48.2 Å². The van der Waals surface area contributed by atoms with E-state index in [4.69, 9.17) is 11.6 Å². The van der Waals surface area contributed by atoms with E-state index in [1.54, 1.807) is 30.3 Å². The molecule has 202 valence electrons. The van der Waals surface area contributed by atoms with Gasteiger partial charge in [-0.15, -0.1) is 0 Å². The molecule has 12 heteroatoms. The number of ketones is 1. The highest BCUT2D eigenvalue weighted by Crippen LogP contribution is 2.37. The molecule has 0 aliphatic carbocycles. The number of aliphatic hydroxyl groups excluding tert-OH is 1. The summed E-state index contributed by atoms with van der Waals surface area (Å²) in [6.45, 7) is 1.17. The standard InChI is InChI=1S/C27H24ClN3O7S/c1-16(32)22-24(17-6-3-2-4-7-17)31(26(34)25(22)33)15-14-29-20-8-5-9-21(23(20)27(35)36)39(37,38)30-19-12-10-18(28)11-13-19/h2-13,24,29-30,33H,14-15H2,1H3,(H,35,36)/p-1. The van der Waals surface area contributed by atoms with Crippen molar-refractivity contribution in [2.45, 2.75) is 17.9 Å². The van der Waals surface area contributed by atoms with Crippen molar-refractivity contribution < 1.29 is 33.0 Å². The molecule has 0 fully saturated rings. The Hall–Kier alpha value is -4.35. The van der Waals surface area contributed by atoms with Gasteiger partial charge in [0.2, 0.25) is 0 Å². The van der Waals surface area contributed by atoms with Gasteiger partial charge in [-0.3, -0.25) is 14.3 Å². The predicted molar refractivity (Wildman–Crippen MR) is 143 cm³/mol. The Kier molecular flexibility index (Phi) is 7.93. The van der Waals surface area contributed by atoms with Gasteiger partial charge in [0.25, 0.3) is 15.9 Å². The maximum atomic E-state index is 13.0. The second-order valence-corrected chi connectivity index (χ2v) is 10.7. The minimum atomic E-state index is -4.34. The molecule has 0 saturated carbocycles. The number of benzene rings is 3. The van der Waals surface area contributed by atoms with Gasteiger partial charge >= 0.3 is 0 Å². The van der Waals surface area contributed by atoms with Gasteiger partial charge in [0.15, 0.2) is 11.5 Å². The highest BCUT2D eigenvalue weighted by Gasteiger charge is 2.42. The van der Waals surface area contributed by atoms with Crippen LogP contribution in [0.1, 0.15) is 28.9 Å². The molecule has 0 radical (unpaired) electrons. The number of carboxylic acids is 1. The lowest BCUT2D eigenvalue weighted by Crippen LogP contribution is -2.35. The SMILES string of the molecule is CC(=O)C1=C(O)C(=O)N(CCNc2cccc(S(=O)(=O)Nc3ccc(Cl)cc3)c2C(=O)[O-])C1c1ccccc1. The number of Topliss-reactive ketones (excluding diaryl/α,β-unsaturated/α-hetero) is 1. The number of halogens is 1. The maximum Gasteiger partial charge on any atom is 0.290 e. The summed E-state index contributed by atoms with van der Waals surface area (Å²) in [5.41, 5.74) is 0.0904. The number of carboxylic acid groups (broad SMARTS) is 1. The van der Waals surface area contributed by atoms with Crippen molar-refractivity contribution in [2.24, 2.45) is 0 Å². The summed E-state index contributed by atoms with van der Waals surface area (Å²) in [5.74, 6) is -3.59. The summed E-state index contributed by atoms with van der Waals surface area (Å²) in [7, 11) is -4.34. The van der Waals surface area contributed by atoms with Gasteiger partial charge < -0.3 is 25.2 Å². The average molecular weight is 569 g/mol. The van der Waals surface area contributed by atoms with Crippen LogP contribution in [0.15, 0.2) is 89.0 Å². The zero-order chi connectivity index (χ0) is 28.3. The van der Waals surface area contributed by atoms with Gasteiger partial charge in [0.05, 0.1) is 22.5 Å². The molecule has 1 atom stereocenters. The summed E-state index contributed by atoms with van der Waals surface area (Å²) in [6, 6.07) is 17.5. The van der Waals surface area contributed by atoms with E-state index in [2.05, 4.69) is 10.0 Å². The molecule has 10 nitrogen and oxygen atoms in total. The molecule has 39 heavy (non-hydrogen) atoms. The number of nitrogens with zero attached hydrogens (tertiary/aromatic N) is 1. The molecule has 3 N–H and O–H groups in total. The number of carbonyl (C=O) groups is 3. The molecule has 3 aromatic carbocycles. The first-order valence-corrected chi connectivity index (χ1v) is 13.5. The molecule has 0 saturated heterocycles. The molecule has 1 aliphatic rings. The summed E-state index contributed by atoms with van der Waals surface area (Å²) in [5, 5.41) is 25.7. The molecule has 4 rings (SSSR count). The molecular formula is C27H23ClN3O7S-. The number of nitrogens with one attached hydrogen (secondary N) is 2. The molecule has 1 heterocycles. The first-order valence-electron chi connectivity index (χ1n) is 11.7. The minimum Gasteiger partial charge on any atom is -0.545 e. The predicted octanol–water partition coefficient (Wildman–Crippen LogP) is 2.90. The largest absolute Gasteiger partial charge is 0.545 e. The number of carbonyl (C=O) groups excluding carboxylic acids is 3. The Morgan fingerprint density at radius 2 is 1.69 bits per heavy atom. The van der Waals surface area contributed by atoms with E-state index in [0.29, 0.717) is 10.6 Å². The molecule has 1 amide bonds. The average Bonchev–Trinajstić information content (AvgIpc) is 3.15. The zero-order valence-electron chi connectivity index (χ0n) is 20.5. The van der Waals surface area contributed by atoms with Crippen LogP contribution >= 0.6 is 11.6 Å². The van der Waals surface area contributed by atoms with E-state index in [1.807, 2.05) is 0 Å². The van der Waals surface area contributed by atoms with Crippen LogP contribution < -0.4 is 15.1 Å². The molecule has 3 aromatic rings. The molecule has 1 unspecified atom stereocenters. The fraction of sp³-hybridized carbons (Fsp3) is 0.148. The summed E-state index contributed by atoms with van der Waals surface area (Å²) in [6.07, 6.45) is 0. The molecule has 0 aromatic heterocycles. The fourth-order valence-corrected chi connectivity index (χ4v) is 5.78. The van der Waals surface area contributed by atoms with Crippen molar-refractivity contribution >= 4 is 50.7 Å². The number of rotatable bonds is 10. The van der Waals surface area contributed by atoms with Crippen LogP contribution in [0.25, 0.3) is 0 Å².